The third-order valence-electron chi connectivity index (χ3n) is 3.09. The number of rotatable bonds is 3. The molecule has 1 aromatic carbocycles. The van der Waals surface area contributed by atoms with Crippen molar-refractivity contribution in [3.63, 3.8) is 0 Å². The van der Waals surface area contributed by atoms with Gasteiger partial charge < -0.3 is 9.64 Å². The molecule has 0 N–H and O–H groups in total. The van der Waals surface area contributed by atoms with Crippen LogP contribution in [-0.2, 0) is 4.74 Å². The van der Waals surface area contributed by atoms with Crippen LogP contribution in [0.4, 0.5) is 0 Å². The van der Waals surface area contributed by atoms with Crippen LogP contribution < -0.4 is 0 Å². The number of halogens is 1. The zero-order chi connectivity index (χ0) is 12.3. The lowest BCUT2D eigenvalue weighted by molar-refractivity contribution is 0.0630. The van der Waals surface area contributed by atoms with E-state index >= 15 is 0 Å². The van der Waals surface area contributed by atoms with Gasteiger partial charge in [0.1, 0.15) is 0 Å². The van der Waals surface area contributed by atoms with E-state index in [1.807, 2.05) is 29.2 Å². The highest BCUT2D eigenvalue weighted by molar-refractivity contribution is 9.10. The van der Waals surface area contributed by atoms with Gasteiger partial charge in [0, 0.05) is 23.7 Å². The van der Waals surface area contributed by atoms with Crippen LogP contribution in [0.25, 0.3) is 0 Å². The minimum Gasteiger partial charge on any atom is -0.383 e. The van der Waals surface area contributed by atoms with Crippen molar-refractivity contribution in [1.82, 2.24) is 4.90 Å². The highest BCUT2D eigenvalue weighted by atomic mass is 79.9. The van der Waals surface area contributed by atoms with Crippen LogP contribution in [0.3, 0.4) is 0 Å². The SMILES string of the molecule is COC[C@@H]1CCCN1C(=O)c1ccc(Br)cc1. The van der Waals surface area contributed by atoms with Crippen molar-refractivity contribution in [3.05, 3.63) is 34.3 Å². The Morgan fingerprint density at radius 3 is 2.82 bits per heavy atom. The minimum atomic E-state index is 0.108. The molecule has 3 nitrogen and oxygen atoms in total. The summed E-state index contributed by atoms with van der Waals surface area (Å²) in [5.74, 6) is 0.108. The van der Waals surface area contributed by atoms with E-state index in [-0.39, 0.29) is 11.9 Å². The Labute approximate surface area is 110 Å². The van der Waals surface area contributed by atoms with Gasteiger partial charge in [0.15, 0.2) is 0 Å². The minimum absolute atomic E-state index is 0.108. The molecule has 1 amide bonds. The molecule has 0 unspecified atom stereocenters. The number of hydrogen-bond donors (Lipinski definition) is 0. The van der Waals surface area contributed by atoms with E-state index in [0.717, 1.165) is 29.4 Å². The number of hydrogen-bond acceptors (Lipinski definition) is 2. The van der Waals surface area contributed by atoms with Crippen LogP contribution in [0, 0.1) is 0 Å². The fourth-order valence-corrected chi connectivity index (χ4v) is 2.49. The molecule has 1 aliphatic heterocycles. The summed E-state index contributed by atoms with van der Waals surface area (Å²) in [4.78, 5) is 14.2. The van der Waals surface area contributed by atoms with Crippen molar-refractivity contribution >= 4 is 21.8 Å². The molecule has 1 atom stereocenters. The van der Waals surface area contributed by atoms with Crippen molar-refractivity contribution in [3.8, 4) is 0 Å². The average molecular weight is 298 g/mol. The Kier molecular flexibility index (Phi) is 4.18. The van der Waals surface area contributed by atoms with Gasteiger partial charge in [-0.2, -0.15) is 0 Å². The Balaban J connectivity index is 2.11. The quantitative estimate of drug-likeness (QED) is 0.858. The van der Waals surface area contributed by atoms with Gasteiger partial charge in [-0.25, -0.2) is 0 Å². The third kappa shape index (κ3) is 2.87. The van der Waals surface area contributed by atoms with Crippen LogP contribution in [-0.4, -0.2) is 37.1 Å². The van der Waals surface area contributed by atoms with Gasteiger partial charge in [-0.1, -0.05) is 15.9 Å². The van der Waals surface area contributed by atoms with E-state index in [0.29, 0.717) is 6.61 Å². The van der Waals surface area contributed by atoms with E-state index in [9.17, 15) is 4.79 Å². The Morgan fingerprint density at radius 1 is 1.47 bits per heavy atom. The number of methoxy groups -OCH3 is 1. The summed E-state index contributed by atoms with van der Waals surface area (Å²) in [7, 11) is 1.68. The van der Waals surface area contributed by atoms with Crippen molar-refractivity contribution in [1.29, 1.82) is 0 Å². The lowest BCUT2D eigenvalue weighted by atomic mass is 10.2. The molecule has 1 aromatic rings. The maximum Gasteiger partial charge on any atom is 0.254 e. The molecule has 1 heterocycles. The van der Waals surface area contributed by atoms with Gasteiger partial charge in [-0.15, -0.1) is 0 Å². The number of ether oxygens (including phenoxy) is 1. The zero-order valence-electron chi connectivity index (χ0n) is 9.86. The molecule has 0 saturated carbocycles. The molecule has 92 valence electrons. The van der Waals surface area contributed by atoms with Crippen molar-refractivity contribution in [2.24, 2.45) is 0 Å². The van der Waals surface area contributed by atoms with E-state index in [1.165, 1.54) is 0 Å². The van der Waals surface area contributed by atoms with Crippen molar-refractivity contribution in [2.45, 2.75) is 18.9 Å². The number of likely N-dealkylation sites (tertiary alicyclic amines) is 1. The second-order valence-corrected chi connectivity index (χ2v) is 5.17. The molecule has 1 saturated heterocycles. The molecule has 1 fully saturated rings. The first-order valence-corrected chi connectivity index (χ1v) is 6.57. The highest BCUT2D eigenvalue weighted by Gasteiger charge is 2.29. The Bertz CT molecular complexity index is 391. The Hall–Kier alpha value is -0.870. The summed E-state index contributed by atoms with van der Waals surface area (Å²) in [6.07, 6.45) is 2.10. The van der Waals surface area contributed by atoms with Gasteiger partial charge in [0.25, 0.3) is 5.91 Å². The molecule has 0 bridgehead atoms. The zero-order valence-corrected chi connectivity index (χ0v) is 11.4. The largest absolute Gasteiger partial charge is 0.383 e. The fourth-order valence-electron chi connectivity index (χ4n) is 2.23. The van der Waals surface area contributed by atoms with Gasteiger partial charge in [-0.3, -0.25) is 4.79 Å². The summed E-state index contributed by atoms with van der Waals surface area (Å²) >= 11 is 3.37. The first-order chi connectivity index (χ1) is 8.22. The normalized spacial score (nSPS) is 19.6. The Morgan fingerprint density at radius 2 is 2.18 bits per heavy atom. The van der Waals surface area contributed by atoms with E-state index < -0.39 is 0 Å². The highest BCUT2D eigenvalue weighted by Crippen LogP contribution is 2.21. The molecular formula is C13H16BrNO2. The van der Waals surface area contributed by atoms with Crippen LogP contribution >= 0.6 is 15.9 Å². The predicted molar refractivity (Wildman–Crippen MR) is 70.1 cm³/mol. The lowest BCUT2D eigenvalue weighted by Gasteiger charge is -2.24. The molecule has 0 aliphatic carbocycles. The third-order valence-corrected chi connectivity index (χ3v) is 3.62. The predicted octanol–water partition coefficient (Wildman–Crippen LogP) is 2.70. The molecular weight excluding hydrogens is 282 g/mol. The molecule has 0 spiro atoms. The second-order valence-electron chi connectivity index (χ2n) is 4.26. The smallest absolute Gasteiger partial charge is 0.254 e. The van der Waals surface area contributed by atoms with Gasteiger partial charge in [-0.05, 0) is 37.1 Å². The van der Waals surface area contributed by atoms with Gasteiger partial charge in [0.05, 0.1) is 12.6 Å². The van der Waals surface area contributed by atoms with Gasteiger partial charge >= 0.3 is 0 Å². The monoisotopic (exact) mass is 297 g/mol. The van der Waals surface area contributed by atoms with Crippen LogP contribution in [0.2, 0.25) is 0 Å². The summed E-state index contributed by atoms with van der Waals surface area (Å²) in [6, 6.07) is 7.74. The molecule has 4 heteroatoms. The molecule has 0 aromatic heterocycles. The van der Waals surface area contributed by atoms with Crippen molar-refractivity contribution in [2.75, 3.05) is 20.3 Å². The topological polar surface area (TPSA) is 29.5 Å². The number of carbonyl (C=O) groups excluding carboxylic acids is 1. The number of amides is 1. The first-order valence-electron chi connectivity index (χ1n) is 5.78. The first kappa shape index (κ1) is 12.6. The maximum atomic E-state index is 12.3. The van der Waals surface area contributed by atoms with Crippen molar-refractivity contribution < 1.29 is 9.53 Å². The van der Waals surface area contributed by atoms with E-state index in [1.54, 1.807) is 7.11 Å². The summed E-state index contributed by atoms with van der Waals surface area (Å²) in [5.41, 5.74) is 0.746. The maximum absolute atomic E-state index is 12.3. The van der Waals surface area contributed by atoms with E-state index in [4.69, 9.17) is 4.74 Å². The van der Waals surface area contributed by atoms with Gasteiger partial charge in [0.2, 0.25) is 0 Å². The summed E-state index contributed by atoms with van der Waals surface area (Å²) in [6.45, 7) is 1.46. The summed E-state index contributed by atoms with van der Waals surface area (Å²) < 4.78 is 6.15. The standard InChI is InChI=1S/C13H16BrNO2/c1-17-9-12-3-2-8-15(12)13(16)10-4-6-11(14)7-5-10/h4-7,12H,2-3,8-9H2,1H3/t12-/m0/s1. The van der Waals surface area contributed by atoms with Crippen LogP contribution in [0.5, 0.6) is 0 Å². The van der Waals surface area contributed by atoms with Crippen LogP contribution in [0.15, 0.2) is 28.7 Å². The number of benzene rings is 1. The van der Waals surface area contributed by atoms with Crippen LogP contribution in [0.1, 0.15) is 23.2 Å². The fraction of sp³-hybridized carbons (Fsp3) is 0.462. The molecule has 2 rings (SSSR count). The molecule has 0 radical (unpaired) electrons. The number of nitrogens with zero attached hydrogens (tertiary/aromatic N) is 1. The van der Waals surface area contributed by atoms with E-state index in [2.05, 4.69) is 15.9 Å². The average Bonchev–Trinajstić information content (AvgIpc) is 2.78. The lowest BCUT2D eigenvalue weighted by Crippen LogP contribution is -2.38. The number of carbonyl (C=O) groups is 1. The molecule has 17 heavy (non-hydrogen) atoms. The molecule has 1 aliphatic rings. The summed E-state index contributed by atoms with van der Waals surface area (Å²) in [5, 5.41) is 0. The second kappa shape index (κ2) is 5.65.